The lowest BCUT2D eigenvalue weighted by Gasteiger charge is -2.17. The van der Waals surface area contributed by atoms with Crippen molar-refractivity contribution >= 4 is 31.9 Å². The molecular weight excluding hydrogens is 384 g/mol. The summed E-state index contributed by atoms with van der Waals surface area (Å²) in [5, 5.41) is 10.6. The van der Waals surface area contributed by atoms with Gasteiger partial charge in [-0.15, -0.1) is 0 Å². The number of halogens is 2. The minimum atomic E-state index is -0.649. The molecule has 0 spiro atoms. The van der Waals surface area contributed by atoms with Gasteiger partial charge in [-0.1, -0.05) is 6.07 Å². The van der Waals surface area contributed by atoms with Gasteiger partial charge in [0.05, 0.1) is 7.11 Å². The van der Waals surface area contributed by atoms with E-state index in [4.69, 9.17) is 4.74 Å². The highest BCUT2D eigenvalue weighted by atomic mass is 79.9. The Morgan fingerprint density at radius 3 is 2.30 bits per heavy atom. The van der Waals surface area contributed by atoms with E-state index in [0.29, 0.717) is 0 Å². The maximum atomic E-state index is 10.6. The highest BCUT2D eigenvalue weighted by Gasteiger charge is 2.16. The summed E-state index contributed by atoms with van der Waals surface area (Å²) in [7, 11) is 1.66. The Morgan fingerprint density at radius 1 is 1.00 bits per heavy atom. The molecular formula is C16H16Br2O2. The van der Waals surface area contributed by atoms with Crippen LogP contribution in [-0.2, 0) is 0 Å². The fraction of sp³-hybridized carbons (Fsp3) is 0.250. The third kappa shape index (κ3) is 3.08. The second-order valence-electron chi connectivity index (χ2n) is 4.75. The fourth-order valence-electron chi connectivity index (χ4n) is 2.19. The van der Waals surface area contributed by atoms with E-state index in [2.05, 4.69) is 31.9 Å². The van der Waals surface area contributed by atoms with Crippen LogP contribution in [0.3, 0.4) is 0 Å². The van der Waals surface area contributed by atoms with Crippen molar-refractivity contribution in [3.05, 3.63) is 61.5 Å². The molecule has 0 aliphatic rings. The van der Waals surface area contributed by atoms with Gasteiger partial charge in [0.1, 0.15) is 11.9 Å². The highest BCUT2D eigenvalue weighted by molar-refractivity contribution is 9.13. The normalized spacial score (nSPS) is 12.3. The molecule has 0 amide bonds. The first-order valence-corrected chi connectivity index (χ1v) is 7.80. The van der Waals surface area contributed by atoms with E-state index < -0.39 is 6.10 Å². The maximum absolute atomic E-state index is 10.6. The Morgan fingerprint density at radius 2 is 1.70 bits per heavy atom. The van der Waals surface area contributed by atoms with Crippen LogP contribution >= 0.6 is 31.9 Å². The van der Waals surface area contributed by atoms with Crippen LogP contribution in [0.15, 0.2) is 39.3 Å². The van der Waals surface area contributed by atoms with Gasteiger partial charge in [-0.2, -0.15) is 0 Å². The van der Waals surface area contributed by atoms with Gasteiger partial charge in [-0.3, -0.25) is 0 Å². The molecule has 1 atom stereocenters. The summed E-state index contributed by atoms with van der Waals surface area (Å²) >= 11 is 6.90. The van der Waals surface area contributed by atoms with Crippen molar-refractivity contribution in [2.24, 2.45) is 0 Å². The predicted octanol–water partition coefficient (Wildman–Crippen LogP) is 4.92. The number of hydrogen-bond donors (Lipinski definition) is 1. The zero-order valence-electron chi connectivity index (χ0n) is 11.6. The summed E-state index contributed by atoms with van der Waals surface area (Å²) in [5.41, 5.74) is 3.78. The summed E-state index contributed by atoms with van der Waals surface area (Å²) in [6, 6.07) is 9.71. The first-order chi connectivity index (χ1) is 9.43. The summed E-state index contributed by atoms with van der Waals surface area (Å²) < 4.78 is 7.20. The molecule has 4 heteroatoms. The van der Waals surface area contributed by atoms with Gasteiger partial charge < -0.3 is 9.84 Å². The maximum Gasteiger partial charge on any atom is 0.122 e. The highest BCUT2D eigenvalue weighted by Crippen LogP contribution is 2.33. The van der Waals surface area contributed by atoms with Crippen molar-refractivity contribution in [1.82, 2.24) is 0 Å². The second kappa shape index (κ2) is 6.29. The van der Waals surface area contributed by atoms with Gasteiger partial charge in [0.2, 0.25) is 0 Å². The molecule has 0 aromatic heterocycles. The zero-order valence-corrected chi connectivity index (χ0v) is 14.7. The third-order valence-electron chi connectivity index (χ3n) is 3.34. The van der Waals surface area contributed by atoms with E-state index in [0.717, 1.165) is 36.9 Å². The molecule has 0 heterocycles. The Balaban J connectivity index is 2.45. The van der Waals surface area contributed by atoms with Crippen molar-refractivity contribution in [2.75, 3.05) is 7.11 Å². The van der Waals surface area contributed by atoms with E-state index in [9.17, 15) is 5.11 Å². The van der Waals surface area contributed by atoms with Crippen LogP contribution < -0.4 is 4.74 Å². The van der Waals surface area contributed by atoms with Crippen LogP contribution in [0.1, 0.15) is 28.4 Å². The molecule has 0 bridgehead atoms. The average molecular weight is 400 g/mol. The van der Waals surface area contributed by atoms with Gasteiger partial charge in [0, 0.05) is 8.95 Å². The van der Waals surface area contributed by atoms with E-state index in [1.165, 1.54) is 0 Å². The molecule has 0 aliphatic heterocycles. The molecule has 2 aromatic rings. The van der Waals surface area contributed by atoms with Crippen LogP contribution in [0, 0.1) is 13.8 Å². The first-order valence-electron chi connectivity index (χ1n) is 6.22. The molecule has 0 saturated carbocycles. The van der Waals surface area contributed by atoms with Gasteiger partial charge in [0.15, 0.2) is 0 Å². The van der Waals surface area contributed by atoms with Crippen LogP contribution in [0.5, 0.6) is 5.75 Å². The lowest BCUT2D eigenvalue weighted by Crippen LogP contribution is -2.03. The Hall–Kier alpha value is -0.840. The van der Waals surface area contributed by atoms with Crippen molar-refractivity contribution < 1.29 is 9.84 Å². The van der Waals surface area contributed by atoms with Crippen molar-refractivity contribution in [1.29, 1.82) is 0 Å². The molecule has 0 radical (unpaired) electrons. The van der Waals surface area contributed by atoms with E-state index >= 15 is 0 Å². The number of hydrogen-bond acceptors (Lipinski definition) is 2. The Labute approximate surface area is 136 Å². The van der Waals surface area contributed by atoms with Crippen molar-refractivity contribution in [2.45, 2.75) is 20.0 Å². The molecule has 1 N–H and O–H groups in total. The minimum absolute atomic E-state index is 0.649. The Bertz CT molecular complexity index is 639. The molecule has 1 unspecified atom stereocenters. The van der Waals surface area contributed by atoms with E-state index in [1.54, 1.807) is 7.11 Å². The summed E-state index contributed by atoms with van der Waals surface area (Å²) in [6.45, 7) is 3.96. The minimum Gasteiger partial charge on any atom is -0.496 e. The quantitative estimate of drug-likeness (QED) is 0.793. The smallest absolute Gasteiger partial charge is 0.122 e. The second-order valence-corrected chi connectivity index (χ2v) is 6.46. The summed E-state index contributed by atoms with van der Waals surface area (Å²) in [6.07, 6.45) is -0.649. The molecule has 0 fully saturated rings. The number of aliphatic hydroxyl groups excluding tert-OH is 1. The van der Waals surface area contributed by atoms with Crippen molar-refractivity contribution in [3.8, 4) is 5.75 Å². The van der Waals surface area contributed by atoms with Crippen LogP contribution in [0.2, 0.25) is 0 Å². The molecule has 106 valence electrons. The van der Waals surface area contributed by atoms with Crippen molar-refractivity contribution in [3.63, 3.8) is 0 Å². The third-order valence-corrected chi connectivity index (χ3v) is 5.22. The molecule has 2 aromatic carbocycles. The molecule has 2 nitrogen and oxygen atoms in total. The number of benzene rings is 2. The molecule has 0 saturated heterocycles. The van der Waals surface area contributed by atoms with E-state index in [-0.39, 0.29) is 0 Å². The van der Waals surface area contributed by atoms with E-state index in [1.807, 2.05) is 44.2 Å². The number of aryl methyl sites for hydroxylation is 2. The standard InChI is InChI=1S/C16H16Br2O2/c1-9-7-15(20-3)10(2)6-12(9)16(19)11-4-5-13(17)14(18)8-11/h4-8,16,19H,1-3H3. The average Bonchev–Trinajstić information content (AvgIpc) is 2.43. The molecule has 20 heavy (non-hydrogen) atoms. The zero-order chi connectivity index (χ0) is 14.9. The number of rotatable bonds is 3. The fourth-order valence-corrected chi connectivity index (χ4v) is 2.83. The van der Waals surface area contributed by atoms with Gasteiger partial charge in [-0.05, 0) is 92.2 Å². The van der Waals surface area contributed by atoms with Gasteiger partial charge in [0.25, 0.3) is 0 Å². The number of methoxy groups -OCH3 is 1. The lowest BCUT2D eigenvalue weighted by molar-refractivity contribution is 0.219. The van der Waals surface area contributed by atoms with Gasteiger partial charge in [-0.25, -0.2) is 0 Å². The number of ether oxygens (including phenoxy) is 1. The Kier molecular flexibility index (Phi) is 4.89. The first kappa shape index (κ1) is 15.5. The number of aliphatic hydroxyl groups is 1. The monoisotopic (exact) mass is 398 g/mol. The van der Waals surface area contributed by atoms with Crippen LogP contribution in [0.4, 0.5) is 0 Å². The lowest BCUT2D eigenvalue weighted by atomic mass is 9.95. The predicted molar refractivity (Wildman–Crippen MR) is 88.4 cm³/mol. The summed E-state index contributed by atoms with van der Waals surface area (Å²) in [5.74, 6) is 0.843. The molecule has 0 aliphatic carbocycles. The van der Waals surface area contributed by atoms with Gasteiger partial charge >= 0.3 is 0 Å². The summed E-state index contributed by atoms with van der Waals surface area (Å²) in [4.78, 5) is 0. The SMILES string of the molecule is COc1cc(C)c(C(O)c2ccc(Br)c(Br)c2)cc1C. The largest absolute Gasteiger partial charge is 0.496 e. The van der Waals surface area contributed by atoms with Crippen LogP contribution in [-0.4, -0.2) is 12.2 Å². The van der Waals surface area contributed by atoms with Crippen LogP contribution in [0.25, 0.3) is 0 Å². The topological polar surface area (TPSA) is 29.5 Å². The molecule has 2 rings (SSSR count).